The average molecular weight is 337 g/mol. The van der Waals surface area contributed by atoms with Gasteiger partial charge in [-0.2, -0.15) is 8.42 Å². The predicted molar refractivity (Wildman–Crippen MR) is 91.5 cm³/mol. The van der Waals surface area contributed by atoms with Crippen LogP contribution in [0.2, 0.25) is 0 Å². The van der Waals surface area contributed by atoms with Crippen LogP contribution in [-0.4, -0.2) is 20.8 Å². The minimum Gasteiger partial charge on any atom is -0.325 e. The van der Waals surface area contributed by atoms with Gasteiger partial charge in [0, 0.05) is 17.8 Å². The van der Waals surface area contributed by atoms with Crippen LogP contribution in [0.25, 0.3) is 0 Å². The average Bonchev–Trinajstić information content (AvgIpc) is 2.78. The number of anilines is 1. The van der Waals surface area contributed by atoms with Crippen LogP contribution in [0.15, 0.2) is 63.9 Å². The first kappa shape index (κ1) is 16.5. The molecular weight excluding hydrogens is 320 g/mol. The van der Waals surface area contributed by atoms with Crippen LogP contribution < -0.4 is 4.90 Å². The fraction of sp³-hybridized carbons (Fsp3) is 0.188. The van der Waals surface area contributed by atoms with Crippen LogP contribution in [0.5, 0.6) is 0 Å². The highest BCUT2D eigenvalue weighted by atomic mass is 35.5. The molecule has 0 atom stereocenters. The molecule has 0 aromatic heterocycles. The Morgan fingerprint density at radius 1 is 1.00 bits per heavy atom. The van der Waals surface area contributed by atoms with Gasteiger partial charge in [0.05, 0.1) is 0 Å². The summed E-state index contributed by atoms with van der Waals surface area (Å²) in [4.78, 5) is 2.25. The van der Waals surface area contributed by atoms with Gasteiger partial charge in [-0.25, -0.2) is 0 Å². The van der Waals surface area contributed by atoms with Gasteiger partial charge in [-0.3, -0.25) is 0 Å². The number of hydrogen-bond acceptors (Lipinski definition) is 3. The van der Waals surface area contributed by atoms with Gasteiger partial charge in [-0.1, -0.05) is 37.3 Å². The molecule has 2 aromatic rings. The molecule has 0 bridgehead atoms. The van der Waals surface area contributed by atoms with E-state index in [0.717, 1.165) is 12.1 Å². The van der Waals surface area contributed by atoms with Crippen molar-refractivity contribution < 1.29 is 8.42 Å². The lowest BCUT2D eigenvalue weighted by Gasteiger charge is -2.24. The molecule has 0 saturated carbocycles. The van der Waals surface area contributed by atoms with Crippen molar-refractivity contribution in [3.63, 3.8) is 0 Å². The Morgan fingerprint density at radius 3 is 2.32 bits per heavy atom. The molecule has 6 heteroatoms. The molecule has 0 fully saturated rings. The molecule has 0 spiro atoms. The van der Waals surface area contributed by atoms with E-state index in [4.69, 9.17) is 0 Å². The normalized spacial score (nSPS) is 14.7. The number of sulfonamides is 1. The topological polar surface area (TPSA) is 49.7 Å². The van der Waals surface area contributed by atoms with Crippen LogP contribution in [0.4, 0.5) is 5.69 Å². The van der Waals surface area contributed by atoms with Crippen LogP contribution in [0.1, 0.15) is 18.9 Å². The van der Waals surface area contributed by atoms with Crippen molar-refractivity contribution in [1.82, 2.24) is 0 Å². The summed E-state index contributed by atoms with van der Waals surface area (Å²) in [5, 5.41) is 0. The Bertz CT molecular complexity index is 789. The maximum atomic E-state index is 12.2. The van der Waals surface area contributed by atoms with E-state index in [0.29, 0.717) is 17.9 Å². The number of nitrogens with zero attached hydrogens (tertiary/aromatic N) is 2. The predicted octanol–water partition coefficient (Wildman–Crippen LogP) is 3.47. The van der Waals surface area contributed by atoms with Gasteiger partial charge < -0.3 is 4.90 Å². The van der Waals surface area contributed by atoms with Gasteiger partial charge in [0.15, 0.2) is 5.84 Å². The fourth-order valence-corrected chi connectivity index (χ4v) is 3.68. The van der Waals surface area contributed by atoms with Gasteiger partial charge in [0.1, 0.15) is 4.90 Å². The van der Waals surface area contributed by atoms with E-state index in [-0.39, 0.29) is 17.3 Å². The highest BCUT2D eigenvalue weighted by Gasteiger charge is 2.31. The molecule has 22 heavy (non-hydrogen) atoms. The number of amidine groups is 1. The molecule has 1 aliphatic rings. The zero-order valence-corrected chi connectivity index (χ0v) is 13.8. The standard InChI is InChI=1S/C16H16N2O2S.ClH/c1-2-12-18(13-8-4-3-5-9-13)16-14-10-6-7-11-15(14)21(19,20)17-16;/h3-11H,2,12H2,1H3;1H. The summed E-state index contributed by atoms with van der Waals surface area (Å²) < 4.78 is 28.4. The van der Waals surface area contributed by atoms with Gasteiger partial charge in [0.2, 0.25) is 0 Å². The fourth-order valence-electron chi connectivity index (χ4n) is 2.47. The lowest BCUT2D eigenvalue weighted by molar-refractivity contribution is 0.599. The minimum absolute atomic E-state index is 0. The van der Waals surface area contributed by atoms with E-state index in [1.807, 2.05) is 47.4 Å². The summed E-state index contributed by atoms with van der Waals surface area (Å²) in [6.07, 6.45) is 0.899. The van der Waals surface area contributed by atoms with E-state index in [1.54, 1.807) is 12.1 Å². The Balaban J connectivity index is 0.00000176. The monoisotopic (exact) mass is 336 g/mol. The summed E-state index contributed by atoms with van der Waals surface area (Å²) in [5.74, 6) is 0.513. The van der Waals surface area contributed by atoms with Gasteiger partial charge >= 0.3 is 0 Å². The Labute approximate surface area is 137 Å². The van der Waals surface area contributed by atoms with Crippen molar-refractivity contribution >= 4 is 34.0 Å². The molecule has 1 aliphatic heterocycles. The third-order valence-corrected chi connectivity index (χ3v) is 4.71. The molecule has 116 valence electrons. The molecular formula is C16H17ClN2O2S. The van der Waals surface area contributed by atoms with Crippen molar-refractivity contribution in [2.75, 3.05) is 11.4 Å². The first-order valence-electron chi connectivity index (χ1n) is 6.90. The maximum absolute atomic E-state index is 12.2. The van der Waals surface area contributed by atoms with Gasteiger partial charge in [0.25, 0.3) is 10.0 Å². The summed E-state index contributed by atoms with van der Waals surface area (Å²) in [7, 11) is -3.58. The number of benzene rings is 2. The van der Waals surface area contributed by atoms with Crippen LogP contribution in [0, 0.1) is 0 Å². The SMILES string of the molecule is CCCN(C1=NS(=O)(=O)c2ccccc21)c1ccccc1.Cl. The smallest absolute Gasteiger partial charge is 0.285 e. The van der Waals surface area contributed by atoms with Gasteiger partial charge in [-0.15, -0.1) is 16.8 Å². The second-order valence-electron chi connectivity index (χ2n) is 4.87. The number of para-hydroxylation sites is 1. The van der Waals surface area contributed by atoms with E-state index >= 15 is 0 Å². The van der Waals surface area contributed by atoms with E-state index in [9.17, 15) is 8.42 Å². The lowest BCUT2D eigenvalue weighted by Crippen LogP contribution is -2.31. The van der Waals surface area contributed by atoms with Crippen molar-refractivity contribution in [3.8, 4) is 0 Å². The van der Waals surface area contributed by atoms with Crippen molar-refractivity contribution in [2.45, 2.75) is 18.2 Å². The van der Waals surface area contributed by atoms with Gasteiger partial charge in [-0.05, 0) is 30.7 Å². The molecule has 0 saturated heterocycles. The first-order chi connectivity index (χ1) is 10.1. The number of fused-ring (bicyclic) bond motifs is 1. The molecule has 2 aromatic carbocycles. The Morgan fingerprint density at radius 2 is 1.64 bits per heavy atom. The number of halogens is 1. The van der Waals surface area contributed by atoms with Crippen LogP contribution in [0.3, 0.4) is 0 Å². The highest BCUT2D eigenvalue weighted by molar-refractivity contribution is 7.90. The molecule has 0 unspecified atom stereocenters. The maximum Gasteiger partial charge on any atom is 0.285 e. The zero-order valence-electron chi connectivity index (χ0n) is 12.1. The summed E-state index contributed by atoms with van der Waals surface area (Å²) in [6.45, 7) is 2.78. The molecule has 0 aliphatic carbocycles. The molecule has 4 nitrogen and oxygen atoms in total. The summed E-state index contributed by atoms with van der Waals surface area (Å²) >= 11 is 0. The zero-order chi connectivity index (χ0) is 14.9. The van der Waals surface area contributed by atoms with E-state index in [1.165, 1.54) is 0 Å². The van der Waals surface area contributed by atoms with Crippen LogP contribution >= 0.6 is 12.4 Å². The molecule has 3 rings (SSSR count). The third kappa shape index (κ3) is 2.87. The quantitative estimate of drug-likeness (QED) is 0.862. The van der Waals surface area contributed by atoms with E-state index in [2.05, 4.69) is 11.3 Å². The number of hydrogen-bond donors (Lipinski definition) is 0. The van der Waals surface area contributed by atoms with Crippen LogP contribution in [-0.2, 0) is 10.0 Å². The highest BCUT2D eigenvalue weighted by Crippen LogP contribution is 2.29. The minimum atomic E-state index is -3.58. The second kappa shape index (κ2) is 6.50. The molecule has 0 N–H and O–H groups in total. The third-order valence-electron chi connectivity index (χ3n) is 3.38. The lowest BCUT2D eigenvalue weighted by atomic mass is 10.1. The summed E-state index contributed by atoms with van der Waals surface area (Å²) in [6, 6.07) is 16.7. The number of rotatable bonds is 3. The molecule has 0 amide bonds. The second-order valence-corrected chi connectivity index (χ2v) is 6.45. The summed E-state index contributed by atoms with van der Waals surface area (Å²) in [5.41, 5.74) is 1.62. The van der Waals surface area contributed by atoms with Crippen molar-refractivity contribution in [2.24, 2.45) is 4.40 Å². The first-order valence-corrected chi connectivity index (χ1v) is 8.34. The Hall–Kier alpha value is -1.85. The van der Waals surface area contributed by atoms with Crippen molar-refractivity contribution in [3.05, 3.63) is 60.2 Å². The molecule has 1 heterocycles. The van der Waals surface area contributed by atoms with E-state index < -0.39 is 10.0 Å². The largest absolute Gasteiger partial charge is 0.325 e. The van der Waals surface area contributed by atoms with Crippen molar-refractivity contribution in [1.29, 1.82) is 0 Å². The molecule has 0 radical (unpaired) electrons. The Kier molecular flexibility index (Phi) is 4.88.